The third-order valence-corrected chi connectivity index (χ3v) is 5.80. The molecule has 0 unspecified atom stereocenters. The Bertz CT molecular complexity index is 796. The zero-order chi connectivity index (χ0) is 17.0. The number of imidazole rings is 2. The maximum atomic E-state index is 11.5. The monoisotopic (exact) mass is 414 g/mol. The summed E-state index contributed by atoms with van der Waals surface area (Å²) in [7, 11) is 6.60. The summed E-state index contributed by atoms with van der Waals surface area (Å²) in [6, 6.07) is 0. The molecular weight excluding hydrogens is 395 g/mol. The Balaban J connectivity index is 2.67. The van der Waals surface area contributed by atoms with Crippen molar-refractivity contribution in [2.24, 2.45) is 14.1 Å². The van der Waals surface area contributed by atoms with Crippen molar-refractivity contribution in [2.75, 3.05) is 14.2 Å². The van der Waals surface area contributed by atoms with Crippen LogP contribution in [0.3, 0.4) is 0 Å². The van der Waals surface area contributed by atoms with Gasteiger partial charge in [0.1, 0.15) is 0 Å². The second-order valence-corrected chi connectivity index (χ2v) is 6.57. The molecule has 0 N–H and O–H groups in total. The van der Waals surface area contributed by atoms with E-state index in [-0.39, 0.29) is 42.1 Å². The Morgan fingerprint density at radius 3 is 1.61 bits per heavy atom. The van der Waals surface area contributed by atoms with Gasteiger partial charge in [-0.3, -0.25) is 0 Å². The second kappa shape index (κ2) is 7.53. The van der Waals surface area contributed by atoms with Gasteiger partial charge in [-0.05, 0) is 0 Å². The van der Waals surface area contributed by atoms with E-state index in [2.05, 4.69) is 0 Å². The van der Waals surface area contributed by atoms with Crippen LogP contribution in [-0.2, 0) is 63.3 Å². The minimum atomic E-state index is -0.301. The predicted molar refractivity (Wildman–Crippen MR) is 77.3 cm³/mol. The number of carbonyl (C=O) groups excluding carboxylic acids is 2. The van der Waals surface area contributed by atoms with Crippen molar-refractivity contribution in [3.63, 3.8) is 0 Å². The van der Waals surface area contributed by atoms with E-state index in [0.717, 1.165) is 7.78 Å². The van der Waals surface area contributed by atoms with E-state index < -0.39 is 0 Å². The Labute approximate surface area is 140 Å². The maximum absolute atomic E-state index is 11.5. The normalized spacial score (nSPS) is 10.8. The summed E-state index contributed by atoms with van der Waals surface area (Å²) in [6.45, 7) is 0.319. The standard InChI is InChI=1S/2C7H10N2O2.Pd/c2*1-8-3-4-9(6-8)5-7(10)11-2;/h2*3-4H,5H2,1-2H3;. The van der Waals surface area contributed by atoms with Gasteiger partial charge >= 0.3 is 140 Å². The summed E-state index contributed by atoms with van der Waals surface area (Å²) in [5.41, 5.74) is 0. The summed E-state index contributed by atoms with van der Waals surface area (Å²) in [5, 5.41) is 0. The Kier molecular flexibility index (Phi) is 5.69. The minimum absolute atomic E-state index is 0.0213. The number of aryl methyl sites for hydroxylation is 2. The number of hydrogen-bond acceptors (Lipinski definition) is 4. The van der Waals surface area contributed by atoms with Crippen molar-refractivity contribution in [2.45, 2.75) is 13.1 Å². The van der Waals surface area contributed by atoms with Gasteiger partial charge in [0, 0.05) is 0 Å². The average Bonchev–Trinajstić information content (AvgIpc) is 3.05. The Morgan fingerprint density at radius 1 is 0.870 bits per heavy atom. The van der Waals surface area contributed by atoms with Crippen molar-refractivity contribution in [3.8, 4) is 0 Å². The molecular formula is C14H20N4O4Pd. The molecule has 0 saturated carbocycles. The quantitative estimate of drug-likeness (QED) is 0.528. The van der Waals surface area contributed by atoms with Gasteiger partial charge in [0.05, 0.1) is 0 Å². The van der Waals surface area contributed by atoms with E-state index in [0.29, 0.717) is 0 Å². The zero-order valence-corrected chi connectivity index (χ0v) is 15.0. The molecule has 0 bridgehead atoms. The number of hydrogen-bond donors (Lipinski definition) is 0. The van der Waals surface area contributed by atoms with Crippen LogP contribution in [0.15, 0.2) is 24.8 Å². The fourth-order valence-electron chi connectivity index (χ4n) is 1.89. The van der Waals surface area contributed by atoms with Crippen LogP contribution in [0.1, 0.15) is 0 Å². The molecule has 0 aliphatic heterocycles. The molecule has 2 rings (SSSR count). The number of ether oxygens (including phenoxy) is 2. The van der Waals surface area contributed by atoms with Gasteiger partial charge in [0.15, 0.2) is 0 Å². The number of nitrogens with zero attached hydrogens (tertiary/aromatic N) is 4. The first kappa shape index (κ1) is 17.4. The van der Waals surface area contributed by atoms with Gasteiger partial charge in [0.25, 0.3) is 0 Å². The van der Waals surface area contributed by atoms with Gasteiger partial charge in [0.2, 0.25) is 0 Å². The third-order valence-electron chi connectivity index (χ3n) is 3.11. The first-order valence-corrected chi connectivity index (χ1v) is 8.33. The van der Waals surface area contributed by atoms with Crippen molar-refractivity contribution in [1.29, 1.82) is 0 Å². The van der Waals surface area contributed by atoms with Crippen LogP contribution >= 0.6 is 0 Å². The molecule has 23 heavy (non-hydrogen) atoms. The summed E-state index contributed by atoms with van der Waals surface area (Å²) >= 11 is 0.0213. The molecule has 0 amide bonds. The molecule has 9 heteroatoms. The summed E-state index contributed by atoms with van der Waals surface area (Å²) in [4.78, 5) is 23.1. The van der Waals surface area contributed by atoms with Gasteiger partial charge in [-0.15, -0.1) is 0 Å². The van der Waals surface area contributed by atoms with Gasteiger partial charge in [-0.2, -0.15) is 0 Å². The fourth-order valence-corrected chi connectivity index (χ4v) is 3.91. The van der Waals surface area contributed by atoms with E-state index in [9.17, 15) is 9.59 Å². The van der Waals surface area contributed by atoms with Crippen LogP contribution < -0.4 is 0 Å². The first-order chi connectivity index (χ1) is 11.0. The molecule has 2 heterocycles. The molecule has 0 saturated heterocycles. The van der Waals surface area contributed by atoms with Gasteiger partial charge in [-0.1, -0.05) is 0 Å². The molecule has 2 aromatic rings. The fraction of sp³-hybridized carbons (Fsp3) is 0.429. The van der Waals surface area contributed by atoms with Gasteiger partial charge in [-0.25, -0.2) is 0 Å². The molecule has 0 atom stereocenters. The number of esters is 2. The van der Waals surface area contributed by atoms with Crippen molar-refractivity contribution >= 4 is 11.9 Å². The number of aromatic nitrogens is 4. The van der Waals surface area contributed by atoms with Gasteiger partial charge < -0.3 is 0 Å². The molecule has 130 valence electrons. The van der Waals surface area contributed by atoms with Crippen molar-refractivity contribution in [1.82, 2.24) is 18.3 Å². The van der Waals surface area contributed by atoms with Crippen molar-refractivity contribution in [3.05, 3.63) is 32.6 Å². The van der Waals surface area contributed by atoms with Crippen LogP contribution in [0.25, 0.3) is 0 Å². The molecule has 2 aromatic heterocycles. The second-order valence-electron chi connectivity index (χ2n) is 4.79. The molecule has 0 aliphatic rings. The van der Waals surface area contributed by atoms with E-state index in [1.807, 2.05) is 57.2 Å². The average molecular weight is 415 g/mol. The number of rotatable bonds is 4. The number of methoxy groups -OCH3 is 2. The summed E-state index contributed by atoms with van der Waals surface area (Å²) in [5.74, 6) is -0.601. The van der Waals surface area contributed by atoms with Crippen LogP contribution in [0, 0.1) is 7.78 Å². The molecule has 0 spiro atoms. The Morgan fingerprint density at radius 2 is 1.26 bits per heavy atom. The third kappa shape index (κ3) is 4.06. The topological polar surface area (TPSA) is 72.3 Å². The van der Waals surface area contributed by atoms with Crippen LogP contribution in [0.5, 0.6) is 0 Å². The van der Waals surface area contributed by atoms with Crippen LogP contribution in [0.4, 0.5) is 0 Å². The molecule has 0 fully saturated rings. The Hall–Kier alpha value is -1.98. The molecule has 0 aromatic carbocycles. The van der Waals surface area contributed by atoms with E-state index in [1.54, 1.807) is 0 Å². The molecule has 0 aliphatic carbocycles. The van der Waals surface area contributed by atoms with E-state index in [1.165, 1.54) is 14.2 Å². The summed E-state index contributed by atoms with van der Waals surface area (Å²) < 4.78 is 19.1. The summed E-state index contributed by atoms with van der Waals surface area (Å²) in [6.07, 6.45) is 7.48. The van der Waals surface area contributed by atoms with E-state index in [4.69, 9.17) is 9.47 Å². The van der Waals surface area contributed by atoms with Crippen LogP contribution in [-0.4, -0.2) is 44.4 Å². The predicted octanol–water partition coefficient (Wildman–Crippen LogP) is 0.159. The molecule has 8 nitrogen and oxygen atoms in total. The SMILES string of the molecule is COC(=O)Cn1ccn(C)[c]1=[Pd]=[c]1n(C)ccn1CC(=O)OC. The first-order valence-electron chi connectivity index (χ1n) is 6.78. The van der Waals surface area contributed by atoms with Crippen molar-refractivity contribution < 1.29 is 36.1 Å². The number of carbonyl (C=O) groups is 2. The van der Waals surface area contributed by atoms with Crippen LogP contribution in [0.2, 0.25) is 0 Å². The van der Waals surface area contributed by atoms with E-state index >= 15 is 0 Å². The zero-order valence-electron chi connectivity index (χ0n) is 13.5. The molecule has 0 radical (unpaired) electrons.